The van der Waals surface area contributed by atoms with Crippen molar-refractivity contribution in [2.45, 2.75) is 39.2 Å². The summed E-state index contributed by atoms with van der Waals surface area (Å²) in [5.41, 5.74) is 2.36. The number of benzene rings is 1. The number of hydrogen-bond acceptors (Lipinski definition) is 6. The molecule has 3 heterocycles. The van der Waals surface area contributed by atoms with Gasteiger partial charge in [-0.1, -0.05) is 12.1 Å². The zero-order valence-electron chi connectivity index (χ0n) is 21.0. The second-order valence-electron chi connectivity index (χ2n) is 9.19. The van der Waals surface area contributed by atoms with Crippen molar-refractivity contribution in [3.05, 3.63) is 63.4 Å². The molecular formula is C26H33N5O3S. The quantitative estimate of drug-likeness (QED) is 0.499. The molecule has 1 atom stereocenters. The van der Waals surface area contributed by atoms with Gasteiger partial charge in [0.2, 0.25) is 0 Å². The first-order valence-corrected chi connectivity index (χ1v) is 12.7. The molecule has 8 nitrogen and oxygen atoms in total. The fraction of sp³-hybridized carbons (Fsp3) is 0.462. The average Bonchev–Trinajstić information content (AvgIpc) is 3.45. The molecular weight excluding hydrogens is 462 g/mol. The summed E-state index contributed by atoms with van der Waals surface area (Å²) in [4.78, 5) is 35.3. The van der Waals surface area contributed by atoms with Crippen LogP contribution in [0.2, 0.25) is 0 Å². The van der Waals surface area contributed by atoms with Crippen LogP contribution in [0.25, 0.3) is 0 Å². The van der Waals surface area contributed by atoms with Gasteiger partial charge in [0.05, 0.1) is 17.8 Å². The number of thiazole rings is 1. The molecule has 35 heavy (non-hydrogen) atoms. The molecule has 0 N–H and O–H groups in total. The Balaban J connectivity index is 1.52. The van der Waals surface area contributed by atoms with Crippen LogP contribution in [0.15, 0.2) is 36.5 Å². The van der Waals surface area contributed by atoms with Gasteiger partial charge in [-0.05, 0) is 62.8 Å². The van der Waals surface area contributed by atoms with Crippen molar-refractivity contribution >= 4 is 23.2 Å². The summed E-state index contributed by atoms with van der Waals surface area (Å²) in [5, 5.41) is 5.23. The Morgan fingerprint density at radius 2 is 1.97 bits per heavy atom. The number of ether oxygens (including phenoxy) is 1. The molecule has 1 aliphatic heterocycles. The molecule has 0 spiro atoms. The largest absolute Gasteiger partial charge is 0.497 e. The fourth-order valence-electron chi connectivity index (χ4n) is 4.88. The number of methoxy groups -OCH3 is 1. The zero-order valence-corrected chi connectivity index (χ0v) is 21.8. The first-order valence-electron chi connectivity index (χ1n) is 11.9. The van der Waals surface area contributed by atoms with E-state index >= 15 is 0 Å². The molecule has 0 bridgehead atoms. The van der Waals surface area contributed by atoms with Crippen molar-refractivity contribution in [1.82, 2.24) is 24.6 Å². The third kappa shape index (κ3) is 5.56. The van der Waals surface area contributed by atoms with Gasteiger partial charge in [0, 0.05) is 39.4 Å². The van der Waals surface area contributed by atoms with Gasteiger partial charge in [-0.25, -0.2) is 4.98 Å². The molecule has 1 aromatic carbocycles. The standard InChI is InChI=1S/C26H33N5O3S/c1-17-24(35-18(2)27-17)26(33)31-13-9-20(10-14-31)23(16-19-7-6-8-21(15-19)34-5)30(4)25(32)22-11-12-29(3)28-22/h6-8,11-12,15,20,23H,9-10,13-14,16H2,1-5H3/t23-/m1/s1. The lowest BCUT2D eigenvalue weighted by Crippen LogP contribution is -2.48. The number of aryl methyl sites for hydroxylation is 3. The smallest absolute Gasteiger partial charge is 0.274 e. The van der Waals surface area contributed by atoms with E-state index in [9.17, 15) is 9.59 Å². The first kappa shape index (κ1) is 24.9. The third-order valence-corrected chi connectivity index (χ3v) is 7.86. The molecule has 2 amide bonds. The molecule has 2 aromatic heterocycles. The van der Waals surface area contributed by atoms with Crippen LogP contribution in [-0.4, -0.2) is 69.7 Å². The Hall–Kier alpha value is -3.20. The Labute approximate surface area is 210 Å². The number of hydrogen-bond donors (Lipinski definition) is 0. The second kappa shape index (κ2) is 10.6. The van der Waals surface area contributed by atoms with Gasteiger partial charge < -0.3 is 14.5 Å². The van der Waals surface area contributed by atoms with Gasteiger partial charge in [0.25, 0.3) is 11.8 Å². The Kier molecular flexibility index (Phi) is 7.54. The number of rotatable bonds is 7. The highest BCUT2D eigenvalue weighted by Gasteiger charge is 2.34. The molecule has 0 aliphatic carbocycles. The lowest BCUT2D eigenvalue weighted by atomic mass is 9.84. The maximum atomic E-state index is 13.3. The van der Waals surface area contributed by atoms with Crippen molar-refractivity contribution in [2.75, 3.05) is 27.2 Å². The predicted molar refractivity (Wildman–Crippen MR) is 136 cm³/mol. The lowest BCUT2D eigenvalue weighted by molar-refractivity contribution is 0.0520. The van der Waals surface area contributed by atoms with Crippen LogP contribution >= 0.6 is 11.3 Å². The van der Waals surface area contributed by atoms with Crippen LogP contribution in [0.4, 0.5) is 0 Å². The third-order valence-electron chi connectivity index (χ3n) is 6.80. The maximum Gasteiger partial charge on any atom is 0.274 e. The van der Waals surface area contributed by atoms with E-state index < -0.39 is 0 Å². The minimum atomic E-state index is -0.0900. The van der Waals surface area contributed by atoms with Gasteiger partial charge in [-0.15, -0.1) is 11.3 Å². The number of piperidine rings is 1. The maximum absolute atomic E-state index is 13.3. The molecule has 186 valence electrons. The van der Waals surface area contributed by atoms with E-state index in [-0.39, 0.29) is 23.8 Å². The number of likely N-dealkylation sites (N-methyl/N-ethyl adjacent to an activating group) is 1. The predicted octanol–water partition coefficient (Wildman–Crippen LogP) is 3.74. The van der Waals surface area contributed by atoms with Crippen LogP contribution in [0.1, 0.15) is 49.3 Å². The summed E-state index contributed by atoms with van der Waals surface area (Å²) >= 11 is 1.46. The van der Waals surface area contributed by atoms with E-state index in [4.69, 9.17) is 4.74 Å². The van der Waals surface area contributed by atoms with E-state index in [1.807, 2.05) is 55.9 Å². The van der Waals surface area contributed by atoms with Crippen molar-refractivity contribution < 1.29 is 14.3 Å². The van der Waals surface area contributed by atoms with Gasteiger partial charge in [0.1, 0.15) is 16.3 Å². The lowest BCUT2D eigenvalue weighted by Gasteiger charge is -2.40. The molecule has 1 fully saturated rings. The number of nitrogens with zero attached hydrogens (tertiary/aromatic N) is 5. The minimum Gasteiger partial charge on any atom is -0.497 e. The van der Waals surface area contributed by atoms with Gasteiger partial charge in [-0.2, -0.15) is 5.10 Å². The Morgan fingerprint density at radius 1 is 1.23 bits per heavy atom. The van der Waals surface area contributed by atoms with Crippen molar-refractivity contribution in [1.29, 1.82) is 0 Å². The van der Waals surface area contributed by atoms with E-state index in [2.05, 4.69) is 16.1 Å². The van der Waals surface area contributed by atoms with Crippen molar-refractivity contribution in [2.24, 2.45) is 13.0 Å². The minimum absolute atomic E-state index is 0.0266. The number of amides is 2. The van der Waals surface area contributed by atoms with Crippen LogP contribution in [0.3, 0.4) is 0 Å². The fourth-order valence-corrected chi connectivity index (χ4v) is 5.77. The molecule has 0 saturated carbocycles. The van der Waals surface area contributed by atoms with Crippen LogP contribution in [0.5, 0.6) is 5.75 Å². The normalized spacial score (nSPS) is 15.2. The Morgan fingerprint density at radius 3 is 2.57 bits per heavy atom. The van der Waals surface area contributed by atoms with Crippen LogP contribution in [-0.2, 0) is 13.5 Å². The summed E-state index contributed by atoms with van der Waals surface area (Å²) in [7, 11) is 5.33. The van der Waals surface area contributed by atoms with E-state index in [1.54, 1.807) is 24.1 Å². The highest BCUT2D eigenvalue weighted by molar-refractivity contribution is 7.13. The average molecular weight is 496 g/mol. The number of carbonyl (C=O) groups excluding carboxylic acids is 2. The van der Waals surface area contributed by atoms with E-state index in [1.165, 1.54) is 11.3 Å². The Bertz CT molecular complexity index is 1200. The summed E-state index contributed by atoms with van der Waals surface area (Å²) in [6.07, 6.45) is 4.15. The number of carbonyl (C=O) groups is 2. The zero-order chi connectivity index (χ0) is 25.1. The van der Waals surface area contributed by atoms with Crippen LogP contribution < -0.4 is 4.74 Å². The second-order valence-corrected chi connectivity index (χ2v) is 10.4. The number of aromatic nitrogens is 3. The summed E-state index contributed by atoms with van der Waals surface area (Å²) in [6.45, 7) is 5.16. The monoisotopic (exact) mass is 495 g/mol. The van der Waals surface area contributed by atoms with Gasteiger partial charge in [0.15, 0.2) is 0 Å². The molecule has 0 radical (unpaired) electrons. The highest BCUT2D eigenvalue weighted by Crippen LogP contribution is 2.30. The molecule has 3 aromatic rings. The van der Waals surface area contributed by atoms with Crippen molar-refractivity contribution in [3.63, 3.8) is 0 Å². The van der Waals surface area contributed by atoms with Crippen molar-refractivity contribution in [3.8, 4) is 5.75 Å². The molecule has 0 unspecified atom stereocenters. The highest BCUT2D eigenvalue weighted by atomic mass is 32.1. The SMILES string of the molecule is COc1cccc(C[C@H](C2CCN(C(=O)c3sc(C)nc3C)CC2)N(C)C(=O)c2ccn(C)n2)c1. The molecule has 4 rings (SSSR count). The molecule has 9 heteroatoms. The topological polar surface area (TPSA) is 80.6 Å². The van der Waals surface area contributed by atoms with E-state index in [0.717, 1.165) is 39.7 Å². The summed E-state index contributed by atoms with van der Waals surface area (Å²) in [6, 6.07) is 9.73. The molecule has 1 aliphatic rings. The number of likely N-dealkylation sites (tertiary alicyclic amines) is 1. The first-order chi connectivity index (χ1) is 16.8. The van der Waals surface area contributed by atoms with Gasteiger partial charge >= 0.3 is 0 Å². The summed E-state index contributed by atoms with van der Waals surface area (Å²) < 4.78 is 7.06. The molecule has 1 saturated heterocycles. The van der Waals surface area contributed by atoms with E-state index in [0.29, 0.717) is 25.2 Å². The van der Waals surface area contributed by atoms with Crippen LogP contribution in [0, 0.1) is 19.8 Å². The van der Waals surface area contributed by atoms with Gasteiger partial charge in [-0.3, -0.25) is 14.3 Å². The summed E-state index contributed by atoms with van der Waals surface area (Å²) in [5.74, 6) is 1.03.